The van der Waals surface area contributed by atoms with Gasteiger partial charge in [0.1, 0.15) is 0 Å². The lowest BCUT2D eigenvalue weighted by molar-refractivity contribution is 0.311. The van der Waals surface area contributed by atoms with Gasteiger partial charge in [0.05, 0.1) is 10.5 Å². The Bertz CT molecular complexity index is 629. The summed E-state index contributed by atoms with van der Waals surface area (Å²) in [6, 6.07) is 6.23. The molecule has 0 spiro atoms. The molecule has 3 rings (SSSR count). The van der Waals surface area contributed by atoms with Crippen LogP contribution in [0.3, 0.4) is 0 Å². The Hall–Kier alpha value is -1.08. The van der Waals surface area contributed by atoms with E-state index in [0.717, 1.165) is 28.8 Å². The number of benzene rings is 1. The third-order valence-electron chi connectivity index (χ3n) is 4.04. The molecule has 0 aliphatic heterocycles. The largest absolute Gasteiger partial charge is 0.252 e. The first-order valence-corrected chi connectivity index (χ1v) is 6.92. The van der Waals surface area contributed by atoms with Crippen molar-refractivity contribution in [3.05, 3.63) is 40.0 Å². The summed E-state index contributed by atoms with van der Waals surface area (Å²) in [6.07, 6.45) is 3.28. The van der Waals surface area contributed by atoms with Gasteiger partial charge in [-0.2, -0.15) is 0 Å². The van der Waals surface area contributed by atoms with Gasteiger partial charge in [0.2, 0.25) is 0 Å². The minimum absolute atomic E-state index is 0.348. The highest BCUT2D eigenvalue weighted by molar-refractivity contribution is 6.36. The van der Waals surface area contributed by atoms with Gasteiger partial charge in [0.25, 0.3) is 0 Å². The van der Waals surface area contributed by atoms with Gasteiger partial charge in [0.15, 0.2) is 0 Å². The molecule has 0 N–H and O–H groups in total. The first-order valence-electron chi connectivity index (χ1n) is 6.54. The fourth-order valence-corrected chi connectivity index (χ4v) is 3.38. The van der Waals surface area contributed by atoms with E-state index < -0.39 is 0 Å². The van der Waals surface area contributed by atoms with E-state index in [1.807, 2.05) is 0 Å². The number of nitrogens with zero attached hydrogens (tertiary/aromatic N) is 1. The van der Waals surface area contributed by atoms with Crippen LogP contribution in [0.15, 0.2) is 18.2 Å². The molecule has 0 radical (unpaired) electrons. The highest BCUT2D eigenvalue weighted by Gasteiger charge is 2.28. The van der Waals surface area contributed by atoms with Crippen molar-refractivity contribution in [3.63, 3.8) is 0 Å². The predicted molar refractivity (Wildman–Crippen MR) is 77.3 cm³/mol. The van der Waals surface area contributed by atoms with Crippen LogP contribution in [-0.2, 0) is 12.8 Å². The van der Waals surface area contributed by atoms with Gasteiger partial charge in [-0.05, 0) is 48.8 Å². The van der Waals surface area contributed by atoms with Crippen LogP contribution >= 0.6 is 11.6 Å². The number of rotatable bonds is 0. The first kappa shape index (κ1) is 12.0. The molecule has 94 valence electrons. The number of pyridine rings is 1. The molecule has 0 atom stereocenters. The minimum Gasteiger partial charge on any atom is -0.252 e. The van der Waals surface area contributed by atoms with E-state index in [2.05, 4.69) is 39.0 Å². The molecule has 18 heavy (non-hydrogen) atoms. The lowest BCUT2D eigenvalue weighted by atomic mass is 9.76. The Balaban J connectivity index is 2.30. The van der Waals surface area contributed by atoms with E-state index in [9.17, 15) is 0 Å². The number of halogens is 1. The van der Waals surface area contributed by atoms with Crippen LogP contribution in [0.5, 0.6) is 0 Å². The monoisotopic (exact) mass is 259 g/mol. The molecule has 1 aliphatic carbocycles. The normalized spacial score (nSPS) is 17.8. The summed E-state index contributed by atoms with van der Waals surface area (Å²) in [5.74, 6) is 0. The molecule has 0 unspecified atom stereocenters. The van der Waals surface area contributed by atoms with Crippen molar-refractivity contribution in [2.45, 2.75) is 40.0 Å². The van der Waals surface area contributed by atoms with E-state index in [0.29, 0.717) is 5.41 Å². The molecule has 1 heterocycles. The minimum atomic E-state index is 0.348. The van der Waals surface area contributed by atoms with Crippen LogP contribution in [0, 0.1) is 12.3 Å². The van der Waals surface area contributed by atoms with Crippen molar-refractivity contribution in [2.24, 2.45) is 5.41 Å². The van der Waals surface area contributed by atoms with Gasteiger partial charge in [-0.3, -0.25) is 4.98 Å². The molecule has 1 nitrogen and oxygen atoms in total. The number of hydrogen-bond acceptors (Lipinski definition) is 1. The summed E-state index contributed by atoms with van der Waals surface area (Å²) >= 11 is 6.62. The third-order valence-corrected chi connectivity index (χ3v) is 4.45. The second-order valence-electron chi connectivity index (χ2n) is 6.16. The van der Waals surface area contributed by atoms with E-state index in [1.54, 1.807) is 0 Å². The van der Waals surface area contributed by atoms with Gasteiger partial charge in [-0.25, -0.2) is 0 Å². The standard InChI is InChI=1S/C16H18ClN/c1-10-5-4-6-12-14(10)15(17)11-7-8-16(2,3)9-13(11)18-12/h4-6H,7-9H2,1-3H3. The van der Waals surface area contributed by atoms with Crippen molar-refractivity contribution in [1.82, 2.24) is 4.98 Å². The fraction of sp³-hybridized carbons (Fsp3) is 0.438. The maximum atomic E-state index is 6.62. The van der Waals surface area contributed by atoms with Crippen molar-refractivity contribution in [2.75, 3.05) is 0 Å². The number of hydrogen-bond donors (Lipinski definition) is 0. The molecule has 1 aromatic carbocycles. The summed E-state index contributed by atoms with van der Waals surface area (Å²) in [6.45, 7) is 6.73. The molecule has 2 aromatic rings. The summed E-state index contributed by atoms with van der Waals surface area (Å²) in [5.41, 5.74) is 5.09. The Morgan fingerprint density at radius 1 is 1.28 bits per heavy atom. The summed E-state index contributed by atoms with van der Waals surface area (Å²) in [7, 11) is 0. The molecule has 1 aromatic heterocycles. The number of aromatic nitrogens is 1. The zero-order valence-electron chi connectivity index (χ0n) is 11.2. The smallest absolute Gasteiger partial charge is 0.0723 e. The van der Waals surface area contributed by atoms with Crippen LogP contribution in [0.1, 0.15) is 37.1 Å². The van der Waals surface area contributed by atoms with E-state index in [4.69, 9.17) is 16.6 Å². The Labute approximate surface area is 113 Å². The van der Waals surface area contributed by atoms with E-state index in [-0.39, 0.29) is 0 Å². The average molecular weight is 260 g/mol. The molecule has 0 saturated carbocycles. The van der Waals surface area contributed by atoms with E-state index >= 15 is 0 Å². The topological polar surface area (TPSA) is 12.9 Å². The fourth-order valence-electron chi connectivity index (χ4n) is 2.93. The maximum Gasteiger partial charge on any atom is 0.0723 e. The second-order valence-corrected chi connectivity index (χ2v) is 6.54. The second kappa shape index (κ2) is 3.96. The maximum absolute atomic E-state index is 6.62. The molecule has 0 bridgehead atoms. The molecule has 0 saturated heterocycles. The molecule has 1 aliphatic rings. The number of fused-ring (bicyclic) bond motifs is 2. The van der Waals surface area contributed by atoms with Crippen molar-refractivity contribution >= 4 is 22.5 Å². The quantitative estimate of drug-likeness (QED) is 0.668. The molecule has 0 fully saturated rings. The molecular formula is C16H18ClN. The summed E-state index contributed by atoms with van der Waals surface area (Å²) in [5, 5.41) is 2.07. The SMILES string of the molecule is Cc1cccc2nc3c(c(Cl)c12)CCC(C)(C)C3. The van der Waals surface area contributed by atoms with Crippen LogP contribution < -0.4 is 0 Å². The van der Waals surface area contributed by atoms with Crippen LogP contribution in [-0.4, -0.2) is 4.98 Å². The molecule has 0 amide bonds. The van der Waals surface area contributed by atoms with Crippen molar-refractivity contribution in [1.29, 1.82) is 0 Å². The highest BCUT2D eigenvalue weighted by Crippen LogP contribution is 2.39. The zero-order chi connectivity index (χ0) is 12.9. The highest BCUT2D eigenvalue weighted by atomic mass is 35.5. The zero-order valence-corrected chi connectivity index (χ0v) is 11.9. The van der Waals surface area contributed by atoms with Crippen molar-refractivity contribution in [3.8, 4) is 0 Å². The lowest BCUT2D eigenvalue weighted by Crippen LogP contribution is -2.23. The van der Waals surface area contributed by atoms with E-state index in [1.165, 1.54) is 23.2 Å². The summed E-state index contributed by atoms with van der Waals surface area (Å²) in [4.78, 5) is 4.85. The molecule has 2 heteroatoms. The Kier molecular flexibility index (Phi) is 2.63. The third kappa shape index (κ3) is 1.81. The lowest BCUT2D eigenvalue weighted by Gasteiger charge is -2.31. The van der Waals surface area contributed by atoms with Gasteiger partial charge >= 0.3 is 0 Å². The average Bonchev–Trinajstić information content (AvgIpc) is 2.27. The van der Waals surface area contributed by atoms with Gasteiger partial charge < -0.3 is 0 Å². The Morgan fingerprint density at radius 2 is 2.06 bits per heavy atom. The summed E-state index contributed by atoms with van der Waals surface area (Å²) < 4.78 is 0. The predicted octanol–water partition coefficient (Wildman–Crippen LogP) is 4.71. The van der Waals surface area contributed by atoms with Crippen molar-refractivity contribution < 1.29 is 0 Å². The first-order chi connectivity index (χ1) is 8.48. The van der Waals surface area contributed by atoms with Gasteiger partial charge in [0, 0.05) is 11.1 Å². The van der Waals surface area contributed by atoms with Crippen LogP contribution in [0.2, 0.25) is 5.02 Å². The van der Waals surface area contributed by atoms with Crippen LogP contribution in [0.4, 0.5) is 0 Å². The van der Waals surface area contributed by atoms with Crippen LogP contribution in [0.25, 0.3) is 10.9 Å². The van der Waals surface area contributed by atoms with Gasteiger partial charge in [-0.1, -0.05) is 37.6 Å². The molecular weight excluding hydrogens is 242 g/mol. The van der Waals surface area contributed by atoms with Gasteiger partial charge in [-0.15, -0.1) is 0 Å². The Morgan fingerprint density at radius 3 is 2.83 bits per heavy atom. The number of aryl methyl sites for hydroxylation is 1.